The number of carbonyl (C=O) groups is 1. The van der Waals surface area contributed by atoms with Crippen molar-refractivity contribution in [2.75, 3.05) is 12.3 Å². The number of non-ortho nitro benzene ring substituents is 1. The smallest absolute Gasteiger partial charge is 0.270 e. The Balaban J connectivity index is 2.01. The molecule has 0 spiro atoms. The lowest BCUT2D eigenvalue weighted by Gasteiger charge is -2.07. The Morgan fingerprint density at radius 3 is 2.95 bits per heavy atom. The molecule has 0 bridgehead atoms. The lowest BCUT2D eigenvalue weighted by atomic mass is 10.1. The highest BCUT2D eigenvalue weighted by Gasteiger charge is 2.14. The van der Waals surface area contributed by atoms with Crippen molar-refractivity contribution in [1.29, 1.82) is 0 Å². The molecule has 1 amide bonds. The van der Waals surface area contributed by atoms with Gasteiger partial charge in [0.2, 0.25) is 0 Å². The highest BCUT2D eigenvalue weighted by molar-refractivity contribution is 5.99. The second kappa shape index (κ2) is 5.83. The Hall–Kier alpha value is -2.90. The van der Waals surface area contributed by atoms with E-state index in [-0.39, 0.29) is 16.9 Å². The lowest BCUT2D eigenvalue weighted by Crippen LogP contribution is -2.27. The number of nitro benzene ring substituents is 1. The zero-order chi connectivity index (χ0) is 14.5. The van der Waals surface area contributed by atoms with Crippen LogP contribution in [0.2, 0.25) is 0 Å². The quantitative estimate of drug-likeness (QED) is 0.475. The summed E-state index contributed by atoms with van der Waals surface area (Å²) in [5.41, 5.74) is 5.80. The van der Waals surface area contributed by atoms with Gasteiger partial charge >= 0.3 is 0 Å². The second-order valence-electron chi connectivity index (χ2n) is 4.09. The fourth-order valence-electron chi connectivity index (χ4n) is 1.67. The van der Waals surface area contributed by atoms with Crippen LogP contribution in [0, 0.1) is 10.1 Å². The monoisotopic (exact) mass is 275 g/mol. The first-order valence-electron chi connectivity index (χ1n) is 5.86. The Bertz CT molecular complexity index is 624. The van der Waals surface area contributed by atoms with Crippen molar-refractivity contribution in [1.82, 2.24) is 14.9 Å². The predicted octanol–water partition coefficient (Wildman–Crippen LogP) is 0.803. The third-order valence-electron chi connectivity index (χ3n) is 2.71. The minimum atomic E-state index is -0.568. The Kier molecular flexibility index (Phi) is 3.94. The number of rotatable bonds is 5. The second-order valence-corrected chi connectivity index (χ2v) is 4.09. The molecule has 2 aromatic rings. The lowest BCUT2D eigenvalue weighted by molar-refractivity contribution is -0.384. The first-order valence-corrected chi connectivity index (χ1v) is 5.86. The van der Waals surface area contributed by atoms with Gasteiger partial charge in [0.25, 0.3) is 11.6 Å². The average Bonchev–Trinajstić information content (AvgIpc) is 2.92. The largest absolute Gasteiger partial charge is 0.398 e. The molecule has 0 saturated carbocycles. The van der Waals surface area contributed by atoms with Crippen LogP contribution in [0.5, 0.6) is 0 Å². The van der Waals surface area contributed by atoms with E-state index in [1.165, 1.54) is 18.2 Å². The third kappa shape index (κ3) is 3.10. The van der Waals surface area contributed by atoms with Crippen molar-refractivity contribution in [2.45, 2.75) is 6.54 Å². The SMILES string of the molecule is Nc1ccc([N+](=O)[O-])cc1C(=O)NCCn1ccnc1. The fraction of sp³-hybridized carbons (Fsp3) is 0.167. The molecule has 8 nitrogen and oxygen atoms in total. The van der Waals surface area contributed by atoms with Crippen LogP contribution in [-0.4, -0.2) is 26.9 Å². The summed E-state index contributed by atoms with van der Waals surface area (Å²) in [7, 11) is 0. The number of aromatic nitrogens is 2. The number of benzene rings is 1. The summed E-state index contributed by atoms with van der Waals surface area (Å²) in [4.78, 5) is 25.9. The van der Waals surface area contributed by atoms with Crippen molar-refractivity contribution < 1.29 is 9.72 Å². The van der Waals surface area contributed by atoms with Crippen LogP contribution in [0.1, 0.15) is 10.4 Å². The number of anilines is 1. The zero-order valence-electron chi connectivity index (χ0n) is 10.5. The van der Waals surface area contributed by atoms with Gasteiger partial charge in [-0.3, -0.25) is 14.9 Å². The van der Waals surface area contributed by atoms with Crippen molar-refractivity contribution >= 4 is 17.3 Å². The first kappa shape index (κ1) is 13.5. The van der Waals surface area contributed by atoms with Crippen LogP contribution in [0.4, 0.5) is 11.4 Å². The van der Waals surface area contributed by atoms with E-state index in [1.54, 1.807) is 23.3 Å². The summed E-state index contributed by atoms with van der Waals surface area (Å²) < 4.78 is 1.80. The predicted molar refractivity (Wildman–Crippen MR) is 72.1 cm³/mol. The molecule has 0 radical (unpaired) electrons. The summed E-state index contributed by atoms with van der Waals surface area (Å²) in [6.07, 6.45) is 5.04. The zero-order valence-corrected chi connectivity index (χ0v) is 10.5. The Morgan fingerprint density at radius 2 is 2.30 bits per heavy atom. The van der Waals surface area contributed by atoms with Gasteiger partial charge in [-0.1, -0.05) is 0 Å². The summed E-state index contributed by atoms with van der Waals surface area (Å²) in [5.74, 6) is -0.439. The maximum Gasteiger partial charge on any atom is 0.270 e. The highest BCUT2D eigenvalue weighted by Crippen LogP contribution is 2.19. The summed E-state index contributed by atoms with van der Waals surface area (Å²) >= 11 is 0. The van der Waals surface area contributed by atoms with Crippen LogP contribution >= 0.6 is 0 Å². The highest BCUT2D eigenvalue weighted by atomic mass is 16.6. The Morgan fingerprint density at radius 1 is 1.50 bits per heavy atom. The molecule has 1 aromatic carbocycles. The molecule has 0 atom stereocenters. The number of nitrogens with two attached hydrogens (primary N) is 1. The van der Waals surface area contributed by atoms with Gasteiger partial charge in [0.05, 0.1) is 16.8 Å². The minimum Gasteiger partial charge on any atom is -0.398 e. The van der Waals surface area contributed by atoms with E-state index in [4.69, 9.17) is 5.73 Å². The molecule has 3 N–H and O–H groups in total. The number of amides is 1. The molecule has 104 valence electrons. The number of carbonyl (C=O) groups excluding carboxylic acids is 1. The van der Waals surface area contributed by atoms with Crippen LogP contribution in [0.25, 0.3) is 0 Å². The normalized spacial score (nSPS) is 10.2. The molecule has 0 aliphatic heterocycles. The first-order chi connectivity index (χ1) is 9.58. The molecule has 0 unspecified atom stereocenters. The molecule has 20 heavy (non-hydrogen) atoms. The summed E-state index contributed by atoms with van der Waals surface area (Å²) in [6, 6.07) is 3.78. The van der Waals surface area contributed by atoms with Gasteiger partial charge in [-0.2, -0.15) is 0 Å². The van der Waals surface area contributed by atoms with Gasteiger partial charge in [-0.25, -0.2) is 4.98 Å². The number of nitrogens with zero attached hydrogens (tertiary/aromatic N) is 3. The molecule has 0 aliphatic rings. The summed E-state index contributed by atoms with van der Waals surface area (Å²) in [6.45, 7) is 0.928. The molecule has 1 aromatic heterocycles. The van der Waals surface area contributed by atoms with Crippen molar-refractivity contribution in [3.05, 3.63) is 52.6 Å². The van der Waals surface area contributed by atoms with Crippen molar-refractivity contribution in [2.24, 2.45) is 0 Å². The van der Waals surface area contributed by atoms with Gasteiger partial charge in [0.1, 0.15) is 0 Å². The number of nitrogen functional groups attached to an aromatic ring is 1. The van der Waals surface area contributed by atoms with E-state index in [2.05, 4.69) is 10.3 Å². The molecular weight excluding hydrogens is 262 g/mol. The Labute approximate surface area is 114 Å². The van der Waals surface area contributed by atoms with Crippen LogP contribution in [-0.2, 0) is 6.54 Å². The third-order valence-corrected chi connectivity index (χ3v) is 2.71. The molecule has 8 heteroatoms. The van der Waals surface area contributed by atoms with E-state index in [1.807, 2.05) is 0 Å². The average molecular weight is 275 g/mol. The minimum absolute atomic E-state index is 0.102. The van der Waals surface area contributed by atoms with E-state index in [9.17, 15) is 14.9 Å². The van der Waals surface area contributed by atoms with E-state index in [0.717, 1.165) is 0 Å². The topological polar surface area (TPSA) is 116 Å². The fourth-order valence-corrected chi connectivity index (χ4v) is 1.67. The van der Waals surface area contributed by atoms with E-state index < -0.39 is 10.8 Å². The van der Waals surface area contributed by atoms with Gasteiger partial charge < -0.3 is 15.6 Å². The number of nitrogens with one attached hydrogen (secondary N) is 1. The number of hydrogen-bond acceptors (Lipinski definition) is 5. The van der Waals surface area contributed by atoms with Crippen LogP contribution < -0.4 is 11.1 Å². The molecule has 0 saturated heterocycles. The number of hydrogen-bond donors (Lipinski definition) is 2. The van der Waals surface area contributed by atoms with Gasteiger partial charge in [-0.05, 0) is 6.07 Å². The van der Waals surface area contributed by atoms with E-state index in [0.29, 0.717) is 13.1 Å². The standard InChI is InChI=1S/C12H13N5O3/c13-11-2-1-9(17(19)20)7-10(11)12(18)15-4-6-16-5-3-14-8-16/h1-3,5,7-8H,4,6,13H2,(H,15,18). The van der Waals surface area contributed by atoms with Gasteiger partial charge in [0, 0.05) is 43.3 Å². The molecule has 2 rings (SSSR count). The summed E-state index contributed by atoms with van der Waals surface area (Å²) in [5, 5.41) is 13.3. The maximum absolute atomic E-state index is 11.9. The number of nitro groups is 1. The van der Waals surface area contributed by atoms with Gasteiger partial charge in [-0.15, -0.1) is 0 Å². The van der Waals surface area contributed by atoms with E-state index >= 15 is 0 Å². The van der Waals surface area contributed by atoms with Crippen molar-refractivity contribution in [3.8, 4) is 0 Å². The van der Waals surface area contributed by atoms with Crippen molar-refractivity contribution in [3.63, 3.8) is 0 Å². The van der Waals surface area contributed by atoms with Crippen LogP contribution in [0.15, 0.2) is 36.9 Å². The number of imidazole rings is 1. The molecule has 0 aliphatic carbocycles. The van der Waals surface area contributed by atoms with Crippen LogP contribution in [0.3, 0.4) is 0 Å². The van der Waals surface area contributed by atoms with Gasteiger partial charge in [0.15, 0.2) is 0 Å². The molecule has 0 fully saturated rings. The molecular formula is C12H13N5O3. The maximum atomic E-state index is 11.9. The molecule has 1 heterocycles.